The van der Waals surface area contributed by atoms with Crippen LogP contribution in [0.25, 0.3) is 0 Å². The van der Waals surface area contributed by atoms with Gasteiger partial charge in [-0.2, -0.15) is 10.1 Å². The number of non-ortho nitro benzene ring substituents is 1. The minimum atomic E-state index is -0.517. The van der Waals surface area contributed by atoms with E-state index >= 15 is 0 Å². The summed E-state index contributed by atoms with van der Waals surface area (Å²) in [5.41, 5.74) is 2.18. The Bertz CT molecular complexity index is 878. The number of anilines is 1. The number of carbonyl (C=O) groups excluding carboxylic acids is 1. The molecule has 1 aromatic heterocycles. The highest BCUT2D eigenvalue weighted by molar-refractivity contribution is 6.24. The molecule has 0 spiro atoms. The number of hydrogen-bond acceptors (Lipinski definition) is 6. The summed E-state index contributed by atoms with van der Waals surface area (Å²) < 4.78 is 0. The predicted molar refractivity (Wildman–Crippen MR) is 103 cm³/mol. The monoisotopic (exact) mass is 365 g/mol. The lowest BCUT2D eigenvalue weighted by atomic mass is 10.0. The minimum Gasteiger partial charge on any atom is -0.291 e. The highest BCUT2D eigenvalue weighted by Gasteiger charge is 2.35. The number of amides is 1. The molecule has 138 valence electrons. The zero-order chi connectivity index (χ0) is 19.2. The Hall–Kier alpha value is -3.42. The van der Waals surface area contributed by atoms with Crippen LogP contribution in [0.5, 0.6) is 0 Å². The molecule has 27 heavy (non-hydrogen) atoms. The van der Waals surface area contributed by atoms with E-state index < -0.39 is 10.8 Å². The summed E-state index contributed by atoms with van der Waals surface area (Å²) in [6.07, 6.45) is 6.60. The van der Waals surface area contributed by atoms with Crippen molar-refractivity contribution in [3.8, 4) is 0 Å². The van der Waals surface area contributed by atoms with E-state index in [0.29, 0.717) is 18.7 Å². The van der Waals surface area contributed by atoms with Gasteiger partial charge in [0.25, 0.3) is 11.6 Å². The van der Waals surface area contributed by atoms with Crippen molar-refractivity contribution < 1.29 is 9.72 Å². The van der Waals surface area contributed by atoms with Crippen LogP contribution < -0.4 is 5.01 Å². The first kappa shape index (κ1) is 18.4. The highest BCUT2D eigenvalue weighted by Crippen LogP contribution is 2.26. The van der Waals surface area contributed by atoms with Gasteiger partial charge in [-0.3, -0.25) is 24.9 Å². The number of hydrazone groups is 1. The fourth-order valence-electron chi connectivity index (χ4n) is 2.78. The molecule has 3 rings (SSSR count). The number of pyridine rings is 1. The smallest absolute Gasteiger partial charge is 0.269 e. The average molecular weight is 365 g/mol. The maximum atomic E-state index is 12.8. The molecule has 0 saturated carbocycles. The summed E-state index contributed by atoms with van der Waals surface area (Å²) >= 11 is 0. The Morgan fingerprint density at radius 2 is 2.07 bits per heavy atom. The number of hydrogen-bond donors (Lipinski definition) is 0. The fraction of sp³-hybridized carbons (Fsp3) is 0.263. The standard InChI is InChI=1S/C19H19N5O3/c1-2-4-18-17(13-21-12-14-5-3-10-20-11-14)19(25)23(22-18)15-6-8-16(9-7-15)24(26)27/h3,5-11,13,17H,2,4,12H2,1H3/t17-/m0/s1. The molecule has 0 bridgehead atoms. The van der Waals surface area contributed by atoms with Crippen LogP contribution >= 0.6 is 0 Å². The number of aliphatic imine (C=N–C) groups is 1. The van der Waals surface area contributed by atoms with Crippen molar-refractivity contribution in [1.29, 1.82) is 0 Å². The van der Waals surface area contributed by atoms with E-state index in [1.807, 2.05) is 19.1 Å². The average Bonchev–Trinajstić information content (AvgIpc) is 2.99. The number of nitro benzene ring substituents is 1. The van der Waals surface area contributed by atoms with Crippen molar-refractivity contribution in [2.24, 2.45) is 16.0 Å². The van der Waals surface area contributed by atoms with Crippen LogP contribution in [0.4, 0.5) is 11.4 Å². The van der Waals surface area contributed by atoms with E-state index in [1.54, 1.807) is 18.6 Å². The van der Waals surface area contributed by atoms with Crippen LogP contribution in [0.15, 0.2) is 58.9 Å². The van der Waals surface area contributed by atoms with Gasteiger partial charge in [0.05, 0.1) is 22.9 Å². The summed E-state index contributed by atoms with van der Waals surface area (Å²) in [4.78, 5) is 31.6. The Kier molecular flexibility index (Phi) is 5.65. The summed E-state index contributed by atoms with van der Waals surface area (Å²) in [6, 6.07) is 9.54. The molecule has 8 nitrogen and oxygen atoms in total. The first-order valence-electron chi connectivity index (χ1n) is 8.64. The largest absolute Gasteiger partial charge is 0.291 e. The molecule has 1 amide bonds. The highest BCUT2D eigenvalue weighted by atomic mass is 16.6. The lowest BCUT2D eigenvalue weighted by Crippen LogP contribution is -2.28. The molecule has 8 heteroatoms. The van der Waals surface area contributed by atoms with Gasteiger partial charge in [0.15, 0.2) is 0 Å². The van der Waals surface area contributed by atoms with Gasteiger partial charge in [-0.25, -0.2) is 0 Å². The van der Waals surface area contributed by atoms with Gasteiger partial charge in [-0.15, -0.1) is 0 Å². The number of aromatic nitrogens is 1. The third-order valence-corrected chi connectivity index (χ3v) is 4.12. The first-order valence-corrected chi connectivity index (χ1v) is 8.64. The molecule has 1 atom stereocenters. The van der Waals surface area contributed by atoms with E-state index in [-0.39, 0.29) is 11.6 Å². The Balaban J connectivity index is 1.78. The quantitative estimate of drug-likeness (QED) is 0.426. The predicted octanol–water partition coefficient (Wildman–Crippen LogP) is 3.38. The zero-order valence-corrected chi connectivity index (χ0v) is 14.9. The molecule has 2 heterocycles. The minimum absolute atomic E-state index is 0.0299. The van der Waals surface area contributed by atoms with Crippen LogP contribution in [0, 0.1) is 16.0 Å². The van der Waals surface area contributed by atoms with E-state index in [1.165, 1.54) is 29.3 Å². The van der Waals surface area contributed by atoms with Crippen LogP contribution in [-0.4, -0.2) is 27.7 Å². The molecule has 1 aliphatic rings. The number of nitrogens with zero attached hydrogens (tertiary/aromatic N) is 5. The van der Waals surface area contributed by atoms with Crippen molar-refractivity contribution in [1.82, 2.24) is 4.98 Å². The van der Waals surface area contributed by atoms with Gasteiger partial charge >= 0.3 is 0 Å². The summed E-state index contributed by atoms with van der Waals surface area (Å²) in [6.45, 7) is 2.46. The Labute approximate surface area is 156 Å². The van der Waals surface area contributed by atoms with E-state index in [4.69, 9.17) is 0 Å². The second kappa shape index (κ2) is 8.31. The number of carbonyl (C=O) groups is 1. The van der Waals surface area contributed by atoms with Crippen LogP contribution in [0.2, 0.25) is 0 Å². The molecule has 0 unspecified atom stereocenters. The number of rotatable bonds is 7. The second-order valence-corrected chi connectivity index (χ2v) is 6.09. The van der Waals surface area contributed by atoms with Crippen molar-refractivity contribution in [2.45, 2.75) is 26.3 Å². The van der Waals surface area contributed by atoms with Crippen LogP contribution in [-0.2, 0) is 11.3 Å². The maximum Gasteiger partial charge on any atom is 0.269 e. The van der Waals surface area contributed by atoms with Gasteiger partial charge in [-0.1, -0.05) is 19.4 Å². The van der Waals surface area contributed by atoms with Gasteiger partial charge in [-0.05, 0) is 30.2 Å². The van der Waals surface area contributed by atoms with E-state index in [2.05, 4.69) is 15.1 Å². The van der Waals surface area contributed by atoms with Crippen LogP contribution in [0.1, 0.15) is 25.3 Å². The Morgan fingerprint density at radius 3 is 2.70 bits per heavy atom. The second-order valence-electron chi connectivity index (χ2n) is 6.09. The fourth-order valence-corrected chi connectivity index (χ4v) is 2.78. The van der Waals surface area contributed by atoms with E-state index in [0.717, 1.165) is 17.7 Å². The third-order valence-electron chi connectivity index (χ3n) is 4.12. The van der Waals surface area contributed by atoms with Gasteiger partial charge in [0.2, 0.25) is 0 Å². The van der Waals surface area contributed by atoms with Gasteiger partial charge < -0.3 is 0 Å². The molecule has 0 radical (unpaired) electrons. The summed E-state index contributed by atoms with van der Waals surface area (Å²) in [7, 11) is 0. The van der Waals surface area contributed by atoms with Gasteiger partial charge in [0.1, 0.15) is 5.92 Å². The third kappa shape index (κ3) is 4.22. The SMILES string of the molecule is CCCC1=NN(c2ccc([N+](=O)[O-])cc2)C(=O)[C@H]1C=NCc1cccnc1. The van der Waals surface area contributed by atoms with Crippen molar-refractivity contribution >= 4 is 29.2 Å². The molecule has 0 N–H and O–H groups in total. The molecular formula is C19H19N5O3. The molecule has 0 fully saturated rings. The zero-order valence-electron chi connectivity index (χ0n) is 14.9. The van der Waals surface area contributed by atoms with Gasteiger partial charge in [0, 0.05) is 30.7 Å². The number of benzene rings is 1. The molecule has 0 aliphatic carbocycles. The van der Waals surface area contributed by atoms with Crippen LogP contribution in [0.3, 0.4) is 0 Å². The summed E-state index contributed by atoms with van der Waals surface area (Å²) in [5, 5.41) is 16.5. The lowest BCUT2D eigenvalue weighted by Gasteiger charge is -2.12. The Morgan fingerprint density at radius 1 is 1.30 bits per heavy atom. The first-order chi connectivity index (χ1) is 13.1. The van der Waals surface area contributed by atoms with Crippen molar-refractivity contribution in [2.75, 3.05) is 5.01 Å². The van der Waals surface area contributed by atoms with Crippen molar-refractivity contribution in [3.63, 3.8) is 0 Å². The summed E-state index contributed by atoms with van der Waals surface area (Å²) in [5.74, 6) is -0.723. The lowest BCUT2D eigenvalue weighted by molar-refractivity contribution is -0.384. The molecule has 1 aliphatic heterocycles. The maximum absolute atomic E-state index is 12.8. The normalized spacial score (nSPS) is 16.8. The van der Waals surface area contributed by atoms with Crippen molar-refractivity contribution in [3.05, 3.63) is 64.5 Å². The topological polar surface area (TPSA) is 101 Å². The molecule has 1 aromatic carbocycles. The molecule has 2 aromatic rings. The number of nitro groups is 1. The molecular weight excluding hydrogens is 346 g/mol. The molecule has 0 saturated heterocycles. The van der Waals surface area contributed by atoms with E-state index in [9.17, 15) is 14.9 Å².